The molecule has 3 rings (SSSR count). The Morgan fingerprint density at radius 2 is 2.11 bits per heavy atom. The van der Waals surface area contributed by atoms with Crippen molar-refractivity contribution in [2.45, 2.75) is 56.9 Å². The maximum absolute atomic E-state index is 12.1. The molecule has 0 aromatic carbocycles. The lowest BCUT2D eigenvalue weighted by atomic mass is 9.94. The molecule has 5 atom stereocenters. The third-order valence-corrected chi connectivity index (χ3v) is 6.63. The van der Waals surface area contributed by atoms with Crippen LogP contribution in [-0.2, 0) is 4.79 Å². The highest BCUT2D eigenvalue weighted by molar-refractivity contribution is 8.16. The molecule has 1 saturated heterocycles. The molecule has 0 aromatic heterocycles. The highest BCUT2D eigenvalue weighted by Crippen LogP contribution is 2.47. The molecule has 2 aliphatic carbocycles. The molecule has 1 heterocycles. The molecule has 0 unspecified atom stereocenters. The summed E-state index contributed by atoms with van der Waals surface area (Å²) in [6.45, 7) is 6.14. The summed E-state index contributed by atoms with van der Waals surface area (Å²) in [7, 11) is 0. The lowest BCUT2D eigenvalue weighted by Crippen LogP contribution is -2.38. The molecule has 1 aliphatic heterocycles. The zero-order chi connectivity index (χ0) is 13.8. The molecule has 2 N–H and O–H groups in total. The van der Waals surface area contributed by atoms with Crippen LogP contribution in [0.1, 0.15) is 40.0 Å². The van der Waals surface area contributed by atoms with E-state index in [9.17, 15) is 9.90 Å². The fourth-order valence-corrected chi connectivity index (χ4v) is 4.57. The van der Waals surface area contributed by atoms with Crippen LogP contribution in [0.25, 0.3) is 0 Å². The van der Waals surface area contributed by atoms with Crippen molar-refractivity contribution in [1.82, 2.24) is 5.32 Å². The Bertz CT molecular complexity index is 435. The van der Waals surface area contributed by atoms with E-state index in [1.165, 1.54) is 0 Å². The van der Waals surface area contributed by atoms with Crippen molar-refractivity contribution in [1.29, 1.82) is 0 Å². The molecule has 0 aromatic rings. The van der Waals surface area contributed by atoms with Crippen molar-refractivity contribution in [2.75, 3.05) is 0 Å². The lowest BCUT2D eigenvalue weighted by molar-refractivity contribution is -0.122. The normalized spacial score (nSPS) is 47.4. The average molecular weight is 282 g/mol. The average Bonchev–Trinajstić information content (AvgIpc) is 2.94. The first-order valence-corrected chi connectivity index (χ1v) is 7.98. The van der Waals surface area contributed by atoms with Gasteiger partial charge in [-0.1, -0.05) is 25.6 Å². The van der Waals surface area contributed by atoms with Gasteiger partial charge >= 0.3 is 0 Å². The van der Waals surface area contributed by atoms with E-state index in [2.05, 4.69) is 19.2 Å². The summed E-state index contributed by atoms with van der Waals surface area (Å²) in [4.78, 5) is 16.8. The van der Waals surface area contributed by atoms with Crippen LogP contribution in [0.3, 0.4) is 0 Å². The van der Waals surface area contributed by atoms with Crippen molar-refractivity contribution in [2.24, 2.45) is 22.7 Å². The molecule has 19 heavy (non-hydrogen) atoms. The zero-order valence-corrected chi connectivity index (χ0v) is 12.5. The van der Waals surface area contributed by atoms with Crippen LogP contribution in [0.4, 0.5) is 0 Å². The number of aliphatic hydroxyl groups excluding tert-OH is 1. The minimum absolute atomic E-state index is 0.0782. The summed E-state index contributed by atoms with van der Waals surface area (Å²) in [5.41, 5.74) is 0. The van der Waals surface area contributed by atoms with Crippen molar-refractivity contribution in [3.63, 3.8) is 0 Å². The van der Waals surface area contributed by atoms with E-state index >= 15 is 0 Å². The smallest absolute Gasteiger partial charge is 0.242 e. The van der Waals surface area contributed by atoms with E-state index in [4.69, 9.17) is 4.99 Å². The zero-order valence-electron chi connectivity index (χ0n) is 11.7. The number of hydrogen-bond donors (Lipinski definition) is 2. The first-order chi connectivity index (χ1) is 8.90. The third kappa shape index (κ3) is 2.11. The maximum Gasteiger partial charge on any atom is 0.242 e. The van der Waals surface area contributed by atoms with E-state index in [-0.39, 0.29) is 17.9 Å². The summed E-state index contributed by atoms with van der Waals surface area (Å²) in [6, 6.07) is 0.297. The van der Waals surface area contributed by atoms with Crippen LogP contribution in [0.15, 0.2) is 4.99 Å². The van der Waals surface area contributed by atoms with Crippen LogP contribution in [0.2, 0.25) is 0 Å². The maximum atomic E-state index is 12.1. The lowest BCUT2D eigenvalue weighted by Gasteiger charge is -2.23. The van der Waals surface area contributed by atoms with Gasteiger partial charge in [0, 0.05) is 0 Å². The van der Waals surface area contributed by atoms with Gasteiger partial charge in [-0.15, -0.1) is 0 Å². The number of aliphatic imine (C=N–C) groups is 1. The van der Waals surface area contributed by atoms with Gasteiger partial charge in [0.05, 0.1) is 12.1 Å². The van der Waals surface area contributed by atoms with Crippen LogP contribution in [-0.4, -0.2) is 33.1 Å². The first kappa shape index (κ1) is 13.4. The number of carbonyl (C=O) groups excluding carboxylic acids is 1. The van der Waals surface area contributed by atoms with Gasteiger partial charge in [-0.2, -0.15) is 0 Å². The molecule has 0 radical (unpaired) electrons. The Morgan fingerprint density at radius 3 is 2.58 bits per heavy atom. The van der Waals surface area contributed by atoms with E-state index < -0.39 is 4.75 Å². The minimum Gasteiger partial charge on any atom is -0.393 e. The van der Waals surface area contributed by atoms with Crippen molar-refractivity contribution in [3.8, 4) is 0 Å². The number of nitrogens with zero attached hydrogens (tertiary/aromatic N) is 1. The molecule has 5 heteroatoms. The number of nitrogens with one attached hydrogen (secondary N) is 1. The minimum atomic E-state index is -0.393. The van der Waals surface area contributed by atoms with Crippen LogP contribution < -0.4 is 5.32 Å². The Morgan fingerprint density at radius 1 is 1.37 bits per heavy atom. The van der Waals surface area contributed by atoms with E-state index in [1.807, 2.05) is 6.92 Å². The predicted octanol–water partition coefficient (Wildman–Crippen LogP) is 1.78. The quantitative estimate of drug-likeness (QED) is 0.811. The highest BCUT2D eigenvalue weighted by atomic mass is 32.2. The van der Waals surface area contributed by atoms with Gasteiger partial charge in [-0.3, -0.25) is 9.79 Å². The van der Waals surface area contributed by atoms with Gasteiger partial charge in [-0.05, 0) is 43.9 Å². The van der Waals surface area contributed by atoms with Crippen molar-refractivity contribution >= 4 is 22.8 Å². The van der Waals surface area contributed by atoms with Gasteiger partial charge in [0.1, 0.15) is 4.75 Å². The van der Waals surface area contributed by atoms with E-state index in [1.54, 1.807) is 11.8 Å². The Kier molecular flexibility index (Phi) is 3.17. The largest absolute Gasteiger partial charge is 0.393 e. The number of hydrogen-bond acceptors (Lipinski definition) is 4. The number of carbonyl (C=O) groups is 1. The number of aliphatic hydroxyl groups is 1. The van der Waals surface area contributed by atoms with Gasteiger partial charge in [0.25, 0.3) is 0 Å². The topological polar surface area (TPSA) is 61.7 Å². The third-order valence-electron chi connectivity index (χ3n) is 5.15. The molecule has 3 aliphatic rings. The summed E-state index contributed by atoms with van der Waals surface area (Å²) in [5, 5.41) is 13.5. The Labute approximate surface area is 118 Å². The van der Waals surface area contributed by atoms with Gasteiger partial charge in [-0.25, -0.2) is 0 Å². The number of fused-ring (bicyclic) bond motifs is 2. The fraction of sp³-hybridized carbons (Fsp3) is 0.857. The van der Waals surface area contributed by atoms with Crippen molar-refractivity contribution in [3.05, 3.63) is 0 Å². The van der Waals surface area contributed by atoms with Crippen LogP contribution in [0, 0.1) is 17.8 Å². The Hall–Kier alpha value is -0.550. The van der Waals surface area contributed by atoms with Crippen molar-refractivity contribution < 1.29 is 9.90 Å². The van der Waals surface area contributed by atoms with Crippen LogP contribution >= 0.6 is 11.8 Å². The summed E-state index contributed by atoms with van der Waals surface area (Å²) in [6.07, 6.45) is 2.84. The molecule has 1 amide bonds. The summed E-state index contributed by atoms with van der Waals surface area (Å²) >= 11 is 1.57. The number of thioether (sulfide) groups is 1. The molecule has 4 nitrogen and oxygen atoms in total. The molecule has 2 bridgehead atoms. The number of amides is 1. The fourth-order valence-electron chi connectivity index (χ4n) is 3.46. The molecule has 0 spiro atoms. The molecular weight excluding hydrogens is 260 g/mol. The predicted molar refractivity (Wildman–Crippen MR) is 77.0 cm³/mol. The van der Waals surface area contributed by atoms with Gasteiger partial charge < -0.3 is 10.4 Å². The first-order valence-electron chi connectivity index (χ1n) is 7.16. The molecule has 106 valence electrons. The van der Waals surface area contributed by atoms with E-state index in [0.717, 1.165) is 24.4 Å². The summed E-state index contributed by atoms with van der Waals surface area (Å²) < 4.78 is -0.393. The summed E-state index contributed by atoms with van der Waals surface area (Å²) in [5.74, 6) is 1.30. The standard InChI is InChI=1S/C14H22N2O2S/c1-7(2)14(3)12(18)16-13(19-14)15-10-5-9-4-8(10)6-11(9)17/h7-11,17H,4-6H2,1-3H3,(H,15,16,18)/t8-,9+,10-,11-,14-/m0/s1. The monoisotopic (exact) mass is 282 g/mol. The second kappa shape index (κ2) is 4.48. The van der Waals surface area contributed by atoms with Gasteiger partial charge in [0.2, 0.25) is 5.91 Å². The molecular formula is C14H22N2O2S. The number of amidine groups is 1. The van der Waals surface area contributed by atoms with Gasteiger partial charge in [0.15, 0.2) is 5.17 Å². The Balaban J connectivity index is 1.72. The second-order valence-corrected chi connectivity index (χ2v) is 8.05. The molecule has 2 saturated carbocycles. The number of rotatable bonds is 2. The molecule has 3 fully saturated rings. The second-order valence-electron chi connectivity index (χ2n) is 6.61. The van der Waals surface area contributed by atoms with Crippen LogP contribution in [0.5, 0.6) is 0 Å². The highest BCUT2D eigenvalue weighted by Gasteiger charge is 2.48. The SMILES string of the molecule is CC(C)[C@]1(C)SC(=N[C@H]2C[C@H]3C[C@H]2C[C@@H]3O)NC1=O. The van der Waals surface area contributed by atoms with E-state index in [0.29, 0.717) is 17.9 Å².